The molecule has 0 amide bonds. The van der Waals surface area contributed by atoms with Gasteiger partial charge in [0.05, 0.1) is 5.82 Å². The Hall–Kier alpha value is -4.24. The Morgan fingerprint density at radius 2 is 1.23 bits per heavy atom. The first-order valence-corrected chi connectivity index (χ1v) is 12.5. The van der Waals surface area contributed by atoms with Gasteiger partial charge in [0.15, 0.2) is 0 Å². The van der Waals surface area contributed by atoms with Crippen molar-refractivity contribution in [3.05, 3.63) is 151 Å². The third kappa shape index (κ3) is 7.00. The van der Waals surface area contributed by atoms with Gasteiger partial charge in [-0.1, -0.05) is 66.2 Å². The molecule has 3 nitrogen and oxygen atoms in total. The van der Waals surface area contributed by atoms with Crippen molar-refractivity contribution in [3.8, 4) is 44.9 Å². The van der Waals surface area contributed by atoms with E-state index < -0.39 is 0 Å². The standard InChI is InChI=1S/C18H14N.C17H13N2.Ir/c1-14-17(15-8-4-2-5-9-15)12-13-19-18(14)16-10-6-3-7-11-16;1-13-10-11-18-17(19-13)16-9-5-8-15(12-16)14-6-3-2-4-7-14;/h2-10,12-13H,1H3;2-8,10-12H,1H3;/q2*-1;. The predicted molar refractivity (Wildman–Crippen MR) is 155 cm³/mol. The van der Waals surface area contributed by atoms with E-state index in [4.69, 9.17) is 0 Å². The number of hydrogen-bond acceptors (Lipinski definition) is 3. The van der Waals surface area contributed by atoms with Gasteiger partial charge in [-0.25, -0.2) is 0 Å². The molecule has 0 saturated carbocycles. The minimum Gasteiger partial charge on any atom is -0.304 e. The fraction of sp³-hybridized carbons (Fsp3) is 0.0571. The third-order valence-electron chi connectivity index (χ3n) is 6.20. The van der Waals surface area contributed by atoms with E-state index in [2.05, 4.69) is 88.6 Å². The molecule has 0 saturated heterocycles. The van der Waals surface area contributed by atoms with Crippen molar-refractivity contribution in [2.75, 3.05) is 0 Å². The third-order valence-corrected chi connectivity index (χ3v) is 6.20. The Kier molecular flexibility index (Phi) is 9.63. The molecular formula is C35H27IrN3-2. The second-order valence-corrected chi connectivity index (χ2v) is 8.85. The number of aromatic nitrogens is 3. The topological polar surface area (TPSA) is 38.7 Å². The van der Waals surface area contributed by atoms with Gasteiger partial charge in [-0.15, -0.1) is 71.3 Å². The fourth-order valence-electron chi connectivity index (χ4n) is 4.26. The summed E-state index contributed by atoms with van der Waals surface area (Å²) in [6.07, 6.45) is 3.65. The summed E-state index contributed by atoms with van der Waals surface area (Å²) in [7, 11) is 0. The molecule has 193 valence electrons. The largest absolute Gasteiger partial charge is 0.304 e. The van der Waals surface area contributed by atoms with E-state index in [1.807, 2.05) is 73.8 Å². The van der Waals surface area contributed by atoms with Crippen LogP contribution in [0.1, 0.15) is 11.3 Å². The van der Waals surface area contributed by atoms with Crippen molar-refractivity contribution >= 4 is 0 Å². The predicted octanol–water partition coefficient (Wildman–Crippen LogP) is 8.44. The van der Waals surface area contributed by atoms with Crippen LogP contribution in [0.25, 0.3) is 44.9 Å². The van der Waals surface area contributed by atoms with E-state index in [1.165, 1.54) is 22.3 Å². The smallest absolute Gasteiger partial charge is 0.0751 e. The minimum absolute atomic E-state index is 0. The van der Waals surface area contributed by atoms with Gasteiger partial charge in [-0.05, 0) is 48.4 Å². The molecule has 0 N–H and O–H groups in total. The number of benzene rings is 4. The Morgan fingerprint density at radius 1 is 0.564 bits per heavy atom. The van der Waals surface area contributed by atoms with Crippen LogP contribution in [0.4, 0.5) is 0 Å². The fourth-order valence-corrected chi connectivity index (χ4v) is 4.26. The Labute approximate surface area is 244 Å². The second-order valence-electron chi connectivity index (χ2n) is 8.85. The number of aryl methyl sites for hydroxylation is 1. The van der Waals surface area contributed by atoms with Gasteiger partial charge >= 0.3 is 0 Å². The summed E-state index contributed by atoms with van der Waals surface area (Å²) in [6, 6.07) is 45.1. The van der Waals surface area contributed by atoms with Gasteiger partial charge in [0.1, 0.15) is 0 Å². The number of rotatable bonds is 4. The maximum atomic E-state index is 4.50. The first-order chi connectivity index (χ1) is 18.7. The zero-order valence-corrected chi connectivity index (χ0v) is 24.2. The molecule has 0 aliphatic heterocycles. The molecule has 0 atom stereocenters. The first-order valence-electron chi connectivity index (χ1n) is 12.5. The Bertz CT molecular complexity index is 1560. The number of nitrogens with zero attached hydrogens (tertiary/aromatic N) is 3. The second kappa shape index (κ2) is 13.5. The van der Waals surface area contributed by atoms with Gasteiger partial charge in [0, 0.05) is 38.2 Å². The molecule has 0 spiro atoms. The molecule has 6 aromatic rings. The average Bonchev–Trinajstić information content (AvgIpc) is 2.99. The maximum absolute atomic E-state index is 4.50. The van der Waals surface area contributed by atoms with Crippen molar-refractivity contribution in [3.63, 3.8) is 0 Å². The number of hydrogen-bond donors (Lipinski definition) is 0. The summed E-state index contributed by atoms with van der Waals surface area (Å²) in [5.41, 5.74) is 9.90. The van der Waals surface area contributed by atoms with Gasteiger partial charge in [-0.3, -0.25) is 9.97 Å². The zero-order chi connectivity index (χ0) is 26.2. The van der Waals surface area contributed by atoms with Gasteiger partial charge in [-0.2, -0.15) is 0 Å². The van der Waals surface area contributed by atoms with Crippen molar-refractivity contribution < 1.29 is 20.1 Å². The summed E-state index contributed by atoms with van der Waals surface area (Å²) >= 11 is 0. The summed E-state index contributed by atoms with van der Waals surface area (Å²) in [4.78, 5) is 13.2. The van der Waals surface area contributed by atoms with E-state index >= 15 is 0 Å². The number of pyridine rings is 1. The maximum Gasteiger partial charge on any atom is 0.0751 e. The van der Waals surface area contributed by atoms with Crippen LogP contribution in [-0.2, 0) is 20.1 Å². The van der Waals surface area contributed by atoms with Crippen LogP contribution in [0.3, 0.4) is 0 Å². The van der Waals surface area contributed by atoms with Crippen LogP contribution in [0.5, 0.6) is 0 Å². The summed E-state index contributed by atoms with van der Waals surface area (Å²) in [6.45, 7) is 4.08. The first kappa shape index (κ1) is 27.8. The van der Waals surface area contributed by atoms with Crippen molar-refractivity contribution in [1.29, 1.82) is 0 Å². The van der Waals surface area contributed by atoms with E-state index in [1.54, 1.807) is 6.20 Å². The van der Waals surface area contributed by atoms with E-state index in [0.29, 0.717) is 0 Å². The van der Waals surface area contributed by atoms with Gasteiger partial charge in [0.25, 0.3) is 0 Å². The Balaban J connectivity index is 0.000000176. The van der Waals surface area contributed by atoms with E-state index in [9.17, 15) is 0 Å². The van der Waals surface area contributed by atoms with Crippen LogP contribution in [0, 0.1) is 26.0 Å². The van der Waals surface area contributed by atoms with Crippen molar-refractivity contribution in [1.82, 2.24) is 15.0 Å². The average molecular weight is 682 g/mol. The van der Waals surface area contributed by atoms with Crippen LogP contribution in [0.15, 0.2) is 128 Å². The molecule has 0 bridgehead atoms. The molecule has 2 aromatic heterocycles. The molecule has 0 aliphatic rings. The summed E-state index contributed by atoms with van der Waals surface area (Å²) < 4.78 is 0. The molecule has 4 heteroatoms. The quantitative estimate of drug-likeness (QED) is 0.175. The molecule has 4 aromatic carbocycles. The molecule has 0 aliphatic carbocycles. The normalized spacial score (nSPS) is 10.1. The van der Waals surface area contributed by atoms with Crippen molar-refractivity contribution in [2.45, 2.75) is 13.8 Å². The van der Waals surface area contributed by atoms with Gasteiger partial charge < -0.3 is 4.98 Å². The molecule has 39 heavy (non-hydrogen) atoms. The molecule has 0 fully saturated rings. The molecule has 6 rings (SSSR count). The SMILES string of the molecule is Cc1c(-c2ccccc2)ccnc1-c1[c-]cccc1.Cc1ccnc(-c2[c-]ccc(-c3ccccc3)c2)n1.[Ir]. The summed E-state index contributed by atoms with van der Waals surface area (Å²) in [5, 5.41) is 0. The molecule has 0 unspecified atom stereocenters. The summed E-state index contributed by atoms with van der Waals surface area (Å²) in [5.74, 6) is 0.720. The van der Waals surface area contributed by atoms with Gasteiger partial charge in [0.2, 0.25) is 0 Å². The minimum atomic E-state index is 0. The molecule has 2 heterocycles. The van der Waals surface area contributed by atoms with Crippen LogP contribution >= 0.6 is 0 Å². The van der Waals surface area contributed by atoms with Crippen molar-refractivity contribution in [2.24, 2.45) is 0 Å². The molecular weight excluding hydrogens is 655 g/mol. The Morgan fingerprint density at radius 3 is 1.92 bits per heavy atom. The van der Waals surface area contributed by atoms with E-state index in [-0.39, 0.29) is 20.1 Å². The van der Waals surface area contributed by atoms with Crippen LogP contribution < -0.4 is 0 Å². The van der Waals surface area contributed by atoms with Crippen LogP contribution in [-0.4, -0.2) is 15.0 Å². The monoisotopic (exact) mass is 682 g/mol. The zero-order valence-electron chi connectivity index (χ0n) is 21.8. The molecule has 1 radical (unpaired) electrons. The van der Waals surface area contributed by atoms with Crippen LogP contribution in [0.2, 0.25) is 0 Å². The van der Waals surface area contributed by atoms with E-state index in [0.717, 1.165) is 33.9 Å².